The summed E-state index contributed by atoms with van der Waals surface area (Å²) in [6.07, 6.45) is 5.99. The summed E-state index contributed by atoms with van der Waals surface area (Å²) >= 11 is 0. The summed E-state index contributed by atoms with van der Waals surface area (Å²) in [6, 6.07) is 0. The van der Waals surface area contributed by atoms with Gasteiger partial charge in [-0.15, -0.1) is 0 Å². The first-order valence-electron chi connectivity index (χ1n) is 5.95. The molecule has 4 heteroatoms. The molecular formula is C11H17N3O. The molecule has 1 aromatic rings. The van der Waals surface area contributed by atoms with E-state index >= 15 is 0 Å². The maximum Gasteiger partial charge on any atom is 0.226 e. The number of hydrogen-bond acceptors (Lipinski definition) is 4. The van der Waals surface area contributed by atoms with Gasteiger partial charge in [0.1, 0.15) is 0 Å². The fourth-order valence-electron chi connectivity index (χ4n) is 2.32. The van der Waals surface area contributed by atoms with Gasteiger partial charge < -0.3 is 9.84 Å². The molecule has 2 fully saturated rings. The van der Waals surface area contributed by atoms with Crippen LogP contribution in [0.2, 0.25) is 0 Å². The summed E-state index contributed by atoms with van der Waals surface area (Å²) in [6.45, 7) is 2.23. The van der Waals surface area contributed by atoms with Crippen molar-refractivity contribution < 1.29 is 4.52 Å². The van der Waals surface area contributed by atoms with Crippen molar-refractivity contribution in [1.82, 2.24) is 15.5 Å². The van der Waals surface area contributed by atoms with Crippen molar-refractivity contribution in [2.24, 2.45) is 5.92 Å². The number of nitrogens with zero attached hydrogens (tertiary/aromatic N) is 2. The summed E-state index contributed by atoms with van der Waals surface area (Å²) < 4.78 is 5.29. The summed E-state index contributed by atoms with van der Waals surface area (Å²) in [5.74, 6) is 3.07. The zero-order chi connectivity index (χ0) is 10.1. The maximum atomic E-state index is 5.29. The van der Waals surface area contributed by atoms with E-state index in [9.17, 15) is 0 Å². The van der Waals surface area contributed by atoms with Crippen LogP contribution in [0.3, 0.4) is 0 Å². The SMILES string of the molecule is C1CC(c2noc(CC3CCNC3)n2)C1. The minimum absolute atomic E-state index is 0.587. The van der Waals surface area contributed by atoms with Gasteiger partial charge in [0.2, 0.25) is 5.89 Å². The molecule has 0 radical (unpaired) electrons. The number of hydrogen-bond donors (Lipinski definition) is 1. The first kappa shape index (κ1) is 9.33. The van der Waals surface area contributed by atoms with E-state index in [1.165, 1.54) is 25.7 Å². The molecule has 2 heterocycles. The lowest BCUT2D eigenvalue weighted by Gasteiger charge is -2.20. The van der Waals surface area contributed by atoms with E-state index in [1.807, 2.05) is 0 Å². The molecule has 1 aliphatic heterocycles. The van der Waals surface area contributed by atoms with Crippen LogP contribution < -0.4 is 5.32 Å². The molecule has 15 heavy (non-hydrogen) atoms. The van der Waals surface area contributed by atoms with Crippen LogP contribution in [0.15, 0.2) is 4.52 Å². The minimum atomic E-state index is 0.587. The molecule has 1 unspecified atom stereocenters. The third-order valence-electron chi connectivity index (χ3n) is 3.58. The second-order valence-corrected chi connectivity index (χ2v) is 4.74. The fraction of sp³-hybridized carbons (Fsp3) is 0.818. The van der Waals surface area contributed by atoms with E-state index in [4.69, 9.17) is 4.52 Å². The highest BCUT2D eigenvalue weighted by Crippen LogP contribution is 2.34. The Morgan fingerprint density at radius 3 is 2.93 bits per heavy atom. The molecule has 1 saturated carbocycles. The first-order valence-corrected chi connectivity index (χ1v) is 5.95. The highest BCUT2D eigenvalue weighted by Gasteiger charge is 2.25. The smallest absolute Gasteiger partial charge is 0.226 e. The van der Waals surface area contributed by atoms with Crippen LogP contribution in [0, 0.1) is 5.92 Å². The zero-order valence-electron chi connectivity index (χ0n) is 8.91. The Morgan fingerprint density at radius 1 is 1.33 bits per heavy atom. The van der Waals surface area contributed by atoms with Gasteiger partial charge in [0.25, 0.3) is 0 Å². The standard InChI is InChI=1S/C11H17N3O/c1-2-9(3-1)11-13-10(15-14-11)6-8-4-5-12-7-8/h8-9,12H,1-7H2. The topological polar surface area (TPSA) is 51.0 Å². The molecule has 1 saturated heterocycles. The third-order valence-corrected chi connectivity index (χ3v) is 3.58. The Morgan fingerprint density at radius 2 is 2.27 bits per heavy atom. The Bertz CT molecular complexity index is 326. The van der Waals surface area contributed by atoms with Crippen molar-refractivity contribution in [3.63, 3.8) is 0 Å². The van der Waals surface area contributed by atoms with Crippen LogP contribution in [0.1, 0.15) is 43.3 Å². The van der Waals surface area contributed by atoms with Gasteiger partial charge in [-0.05, 0) is 38.3 Å². The quantitative estimate of drug-likeness (QED) is 0.815. The Labute approximate surface area is 89.4 Å². The van der Waals surface area contributed by atoms with Gasteiger partial charge in [0.05, 0.1) is 0 Å². The average Bonchev–Trinajstić information content (AvgIpc) is 2.75. The lowest BCUT2D eigenvalue weighted by molar-refractivity contribution is 0.337. The maximum absolute atomic E-state index is 5.29. The van der Waals surface area contributed by atoms with E-state index < -0.39 is 0 Å². The first-order chi connectivity index (χ1) is 7.42. The van der Waals surface area contributed by atoms with Crippen LogP contribution in [-0.4, -0.2) is 23.2 Å². The molecule has 1 atom stereocenters. The molecule has 0 amide bonds. The monoisotopic (exact) mass is 207 g/mol. The molecule has 2 aliphatic rings. The molecule has 3 rings (SSSR count). The highest BCUT2D eigenvalue weighted by atomic mass is 16.5. The van der Waals surface area contributed by atoms with Gasteiger partial charge in [0, 0.05) is 12.3 Å². The molecule has 0 bridgehead atoms. The summed E-state index contributed by atoms with van der Waals surface area (Å²) in [5.41, 5.74) is 0. The molecule has 1 aliphatic carbocycles. The van der Waals surface area contributed by atoms with Crippen LogP contribution in [0.4, 0.5) is 0 Å². The van der Waals surface area contributed by atoms with Crippen molar-refractivity contribution in [2.75, 3.05) is 13.1 Å². The number of aromatic nitrogens is 2. The summed E-state index contributed by atoms with van der Waals surface area (Å²) in [7, 11) is 0. The molecule has 0 spiro atoms. The third kappa shape index (κ3) is 1.91. The molecule has 0 aromatic carbocycles. The largest absolute Gasteiger partial charge is 0.339 e. The van der Waals surface area contributed by atoms with Crippen molar-refractivity contribution in [1.29, 1.82) is 0 Å². The van der Waals surface area contributed by atoms with Gasteiger partial charge in [-0.25, -0.2) is 0 Å². The van der Waals surface area contributed by atoms with Crippen molar-refractivity contribution in [2.45, 2.75) is 38.0 Å². The number of rotatable bonds is 3. The fourth-order valence-corrected chi connectivity index (χ4v) is 2.32. The van der Waals surface area contributed by atoms with Crippen LogP contribution in [-0.2, 0) is 6.42 Å². The zero-order valence-corrected chi connectivity index (χ0v) is 8.91. The lowest BCUT2D eigenvalue weighted by Crippen LogP contribution is -2.12. The van der Waals surface area contributed by atoms with E-state index in [0.717, 1.165) is 31.2 Å². The lowest BCUT2D eigenvalue weighted by atomic mass is 9.85. The molecule has 1 aromatic heterocycles. The molecule has 82 valence electrons. The van der Waals surface area contributed by atoms with Crippen molar-refractivity contribution in [3.05, 3.63) is 11.7 Å². The van der Waals surface area contributed by atoms with E-state index in [0.29, 0.717) is 11.8 Å². The van der Waals surface area contributed by atoms with E-state index in [1.54, 1.807) is 0 Å². The van der Waals surface area contributed by atoms with Crippen LogP contribution in [0.25, 0.3) is 0 Å². The van der Waals surface area contributed by atoms with Crippen LogP contribution in [0.5, 0.6) is 0 Å². The predicted octanol–water partition coefficient (Wildman–Crippen LogP) is 1.49. The van der Waals surface area contributed by atoms with E-state index in [2.05, 4.69) is 15.5 Å². The second kappa shape index (κ2) is 3.93. The van der Waals surface area contributed by atoms with Gasteiger partial charge >= 0.3 is 0 Å². The summed E-state index contributed by atoms with van der Waals surface area (Å²) in [4.78, 5) is 4.49. The van der Waals surface area contributed by atoms with E-state index in [-0.39, 0.29) is 0 Å². The van der Waals surface area contributed by atoms with Crippen molar-refractivity contribution in [3.8, 4) is 0 Å². The highest BCUT2D eigenvalue weighted by molar-refractivity contribution is 5.00. The Kier molecular flexibility index (Phi) is 2.44. The average molecular weight is 207 g/mol. The molecule has 1 N–H and O–H groups in total. The van der Waals surface area contributed by atoms with Crippen molar-refractivity contribution >= 4 is 0 Å². The van der Waals surface area contributed by atoms with Gasteiger partial charge in [-0.1, -0.05) is 11.6 Å². The predicted molar refractivity (Wildman–Crippen MR) is 55.6 cm³/mol. The second-order valence-electron chi connectivity index (χ2n) is 4.74. The Hall–Kier alpha value is -0.900. The van der Waals surface area contributed by atoms with Gasteiger partial charge in [-0.3, -0.25) is 0 Å². The normalized spacial score (nSPS) is 26.8. The molecule has 4 nitrogen and oxygen atoms in total. The van der Waals surface area contributed by atoms with Gasteiger partial charge in [-0.2, -0.15) is 4.98 Å². The minimum Gasteiger partial charge on any atom is -0.339 e. The molecular weight excluding hydrogens is 190 g/mol. The Balaban J connectivity index is 1.62. The number of nitrogens with one attached hydrogen (secondary N) is 1. The van der Waals surface area contributed by atoms with Crippen LogP contribution >= 0.6 is 0 Å². The summed E-state index contributed by atoms with van der Waals surface area (Å²) in [5, 5.41) is 7.43. The van der Waals surface area contributed by atoms with Gasteiger partial charge in [0.15, 0.2) is 5.82 Å².